The Morgan fingerprint density at radius 1 is 0.974 bits per heavy atom. The van der Waals surface area contributed by atoms with Crippen molar-refractivity contribution in [2.24, 2.45) is 0 Å². The number of allylic oxidation sites excluding steroid dienone is 1. The Labute approximate surface area is 229 Å². The van der Waals surface area contributed by atoms with E-state index in [0.717, 1.165) is 35.3 Å². The fourth-order valence-electron chi connectivity index (χ4n) is 5.32. The van der Waals surface area contributed by atoms with Crippen molar-refractivity contribution >= 4 is 23.8 Å². The number of hydrogen-bond donors (Lipinski definition) is 0. The van der Waals surface area contributed by atoms with Gasteiger partial charge in [0.1, 0.15) is 6.61 Å². The van der Waals surface area contributed by atoms with E-state index in [1.165, 1.54) is 4.91 Å². The standard InChI is InChI=1S/C32H34N2O3S/c1-24(27-17-9-4-10-18-27)34-28-23-38-29(31(28)33(32(34)36)21-25-13-5-2-6-14-25)19-11-12-20-30(35)37-22-26-15-7-3-8-16-26/h2-10,13-19,24,28,31H,11-12,20-23H2,1H3/t24-,28+,31+/m1/s1. The van der Waals surface area contributed by atoms with Gasteiger partial charge < -0.3 is 14.5 Å². The number of nitrogens with zero attached hydrogens (tertiary/aromatic N) is 2. The van der Waals surface area contributed by atoms with Gasteiger partial charge in [-0.1, -0.05) is 97.1 Å². The van der Waals surface area contributed by atoms with Crippen molar-refractivity contribution in [3.05, 3.63) is 119 Å². The number of esters is 1. The molecule has 3 aromatic carbocycles. The highest BCUT2D eigenvalue weighted by Gasteiger charge is 2.52. The average Bonchev–Trinajstić information content (AvgIpc) is 3.48. The molecule has 3 aromatic rings. The number of ether oxygens (including phenoxy) is 1. The number of benzene rings is 3. The Balaban J connectivity index is 1.26. The van der Waals surface area contributed by atoms with E-state index < -0.39 is 0 Å². The zero-order valence-electron chi connectivity index (χ0n) is 21.7. The van der Waals surface area contributed by atoms with Crippen molar-refractivity contribution in [2.45, 2.75) is 57.5 Å². The number of rotatable bonds is 10. The van der Waals surface area contributed by atoms with Crippen LogP contribution in [-0.4, -0.2) is 39.6 Å². The predicted octanol–water partition coefficient (Wildman–Crippen LogP) is 6.97. The number of fused-ring (bicyclic) bond motifs is 1. The molecular formula is C32H34N2O3S. The Bertz CT molecular complexity index is 1250. The van der Waals surface area contributed by atoms with Gasteiger partial charge in [-0.3, -0.25) is 4.79 Å². The minimum atomic E-state index is -0.172. The largest absolute Gasteiger partial charge is 0.461 e. The monoisotopic (exact) mass is 526 g/mol. The summed E-state index contributed by atoms with van der Waals surface area (Å²) in [6.45, 7) is 3.03. The Kier molecular flexibility index (Phi) is 8.49. The van der Waals surface area contributed by atoms with Gasteiger partial charge in [-0.15, -0.1) is 11.8 Å². The molecule has 2 aliphatic rings. The Morgan fingerprint density at radius 2 is 1.61 bits per heavy atom. The molecule has 0 unspecified atom stereocenters. The van der Waals surface area contributed by atoms with E-state index in [4.69, 9.17) is 4.74 Å². The molecule has 2 saturated heterocycles. The summed E-state index contributed by atoms with van der Waals surface area (Å²) in [7, 11) is 0. The van der Waals surface area contributed by atoms with E-state index in [2.05, 4.69) is 42.2 Å². The highest BCUT2D eigenvalue weighted by Crippen LogP contribution is 2.46. The lowest BCUT2D eigenvalue weighted by Crippen LogP contribution is -2.38. The fourth-order valence-corrected chi connectivity index (χ4v) is 6.72. The number of unbranched alkanes of at least 4 members (excludes halogenated alkanes) is 1. The lowest BCUT2D eigenvalue weighted by molar-refractivity contribution is -0.145. The van der Waals surface area contributed by atoms with Gasteiger partial charge in [0.2, 0.25) is 0 Å². The van der Waals surface area contributed by atoms with Crippen LogP contribution in [0.25, 0.3) is 0 Å². The lowest BCUT2D eigenvalue weighted by atomic mass is 10.0. The van der Waals surface area contributed by atoms with Gasteiger partial charge in [-0.05, 0) is 36.5 Å². The number of hydrogen-bond acceptors (Lipinski definition) is 4. The van der Waals surface area contributed by atoms with Gasteiger partial charge in [0.15, 0.2) is 0 Å². The van der Waals surface area contributed by atoms with E-state index in [-0.39, 0.29) is 30.1 Å². The quantitative estimate of drug-likeness (QED) is 0.163. The SMILES string of the molecule is C[C@H](c1ccccc1)N1C(=O)N(Cc2ccccc2)[C@@H]2C(=CCCCC(=O)OCc3ccccc3)SC[C@@H]21. The molecule has 5 rings (SSSR count). The Hall–Kier alpha value is -3.51. The van der Waals surface area contributed by atoms with Crippen LogP contribution in [0, 0.1) is 0 Å². The molecule has 2 fully saturated rings. The number of thioether (sulfide) groups is 1. The number of urea groups is 1. The van der Waals surface area contributed by atoms with Gasteiger partial charge in [0.25, 0.3) is 0 Å². The maximum Gasteiger partial charge on any atom is 0.321 e. The van der Waals surface area contributed by atoms with Crippen LogP contribution >= 0.6 is 11.8 Å². The third-order valence-electron chi connectivity index (χ3n) is 7.30. The topological polar surface area (TPSA) is 49.9 Å². The molecule has 0 saturated carbocycles. The third kappa shape index (κ3) is 5.97. The molecule has 38 heavy (non-hydrogen) atoms. The first kappa shape index (κ1) is 26.1. The number of carbonyl (C=O) groups is 2. The summed E-state index contributed by atoms with van der Waals surface area (Å²) < 4.78 is 5.43. The van der Waals surface area contributed by atoms with Crippen LogP contribution in [-0.2, 0) is 22.7 Å². The molecule has 0 spiro atoms. The first-order valence-corrected chi connectivity index (χ1v) is 14.3. The molecule has 5 nitrogen and oxygen atoms in total. The second-order valence-electron chi connectivity index (χ2n) is 9.86. The molecule has 3 atom stereocenters. The van der Waals surface area contributed by atoms with E-state index >= 15 is 0 Å². The molecule has 196 valence electrons. The van der Waals surface area contributed by atoms with Crippen molar-refractivity contribution in [3.8, 4) is 0 Å². The van der Waals surface area contributed by atoms with Crippen molar-refractivity contribution in [1.29, 1.82) is 0 Å². The maximum absolute atomic E-state index is 13.8. The van der Waals surface area contributed by atoms with Crippen molar-refractivity contribution < 1.29 is 14.3 Å². The van der Waals surface area contributed by atoms with E-state index in [9.17, 15) is 9.59 Å². The third-order valence-corrected chi connectivity index (χ3v) is 8.55. The Morgan fingerprint density at radius 3 is 2.29 bits per heavy atom. The molecule has 2 amide bonds. The summed E-state index contributed by atoms with van der Waals surface area (Å²) >= 11 is 1.84. The first-order valence-electron chi connectivity index (χ1n) is 13.3. The molecule has 2 heterocycles. The van der Waals surface area contributed by atoms with E-state index in [1.54, 1.807) is 0 Å². The van der Waals surface area contributed by atoms with Crippen LogP contribution in [0.3, 0.4) is 0 Å². The van der Waals surface area contributed by atoms with Gasteiger partial charge in [-0.2, -0.15) is 0 Å². The van der Waals surface area contributed by atoms with Crippen LogP contribution in [0.2, 0.25) is 0 Å². The van der Waals surface area contributed by atoms with Crippen LogP contribution < -0.4 is 0 Å². The normalized spacial score (nSPS) is 20.6. The second kappa shape index (κ2) is 12.4. The summed E-state index contributed by atoms with van der Waals surface area (Å²) in [5.74, 6) is 0.706. The smallest absolute Gasteiger partial charge is 0.321 e. The molecular weight excluding hydrogens is 492 g/mol. The highest BCUT2D eigenvalue weighted by atomic mass is 32.2. The second-order valence-corrected chi connectivity index (χ2v) is 11.0. The molecule has 0 N–H and O–H groups in total. The maximum atomic E-state index is 13.8. The molecule has 0 aromatic heterocycles. The van der Waals surface area contributed by atoms with Crippen molar-refractivity contribution in [2.75, 3.05) is 5.75 Å². The summed E-state index contributed by atoms with van der Waals surface area (Å²) in [6.07, 6.45) is 4.14. The molecule has 2 aliphatic heterocycles. The summed E-state index contributed by atoms with van der Waals surface area (Å²) in [6, 6.07) is 30.5. The molecule has 0 bridgehead atoms. The summed E-state index contributed by atoms with van der Waals surface area (Å²) in [5.41, 5.74) is 3.28. The van der Waals surface area contributed by atoms with Gasteiger partial charge in [-0.25, -0.2) is 4.79 Å². The minimum absolute atomic E-state index is 0.00342. The van der Waals surface area contributed by atoms with Crippen molar-refractivity contribution in [3.63, 3.8) is 0 Å². The summed E-state index contributed by atoms with van der Waals surface area (Å²) in [5, 5.41) is 0. The zero-order valence-corrected chi connectivity index (χ0v) is 22.6. The van der Waals surface area contributed by atoms with Crippen molar-refractivity contribution in [1.82, 2.24) is 9.80 Å². The minimum Gasteiger partial charge on any atom is -0.461 e. The van der Waals surface area contributed by atoms with E-state index in [1.807, 2.05) is 83.4 Å². The van der Waals surface area contributed by atoms with Gasteiger partial charge >= 0.3 is 12.0 Å². The zero-order chi connectivity index (χ0) is 26.3. The molecule has 6 heteroatoms. The van der Waals surface area contributed by atoms with Crippen LogP contribution in [0.15, 0.2) is 102 Å². The summed E-state index contributed by atoms with van der Waals surface area (Å²) in [4.78, 5) is 31.4. The lowest BCUT2D eigenvalue weighted by Gasteiger charge is -2.29. The van der Waals surface area contributed by atoms with E-state index in [0.29, 0.717) is 19.6 Å². The van der Waals surface area contributed by atoms with Crippen LogP contribution in [0.5, 0.6) is 0 Å². The average molecular weight is 527 g/mol. The highest BCUT2D eigenvalue weighted by molar-refractivity contribution is 8.03. The molecule has 0 aliphatic carbocycles. The molecule has 0 radical (unpaired) electrons. The van der Waals surface area contributed by atoms with Gasteiger partial charge in [0.05, 0.1) is 18.1 Å². The van der Waals surface area contributed by atoms with Crippen LogP contribution in [0.4, 0.5) is 4.79 Å². The van der Waals surface area contributed by atoms with Gasteiger partial charge in [0, 0.05) is 23.6 Å². The van der Waals surface area contributed by atoms with Crippen LogP contribution in [0.1, 0.15) is 48.9 Å². The fraction of sp³-hybridized carbons (Fsp3) is 0.312. The predicted molar refractivity (Wildman–Crippen MR) is 152 cm³/mol. The first-order chi connectivity index (χ1) is 18.6. The number of amides is 2. The number of carbonyl (C=O) groups excluding carboxylic acids is 2.